The number of ether oxygens (including phenoxy) is 1. The number of halogens is 1. The zero-order valence-corrected chi connectivity index (χ0v) is 18.7. The van der Waals surface area contributed by atoms with Crippen LogP contribution in [0.1, 0.15) is 16.7 Å². The van der Waals surface area contributed by atoms with Crippen molar-refractivity contribution in [3.8, 4) is 16.9 Å². The minimum Gasteiger partial charge on any atom is -0.495 e. The van der Waals surface area contributed by atoms with Crippen molar-refractivity contribution in [1.29, 1.82) is 0 Å². The highest BCUT2D eigenvalue weighted by molar-refractivity contribution is 5.85. The Morgan fingerprint density at radius 1 is 1.12 bits per heavy atom. The average Bonchev–Trinajstić information content (AvgIpc) is 2.83. The highest BCUT2D eigenvalue weighted by Crippen LogP contribution is 2.33. The molecule has 1 aliphatic heterocycles. The summed E-state index contributed by atoms with van der Waals surface area (Å²) in [6, 6.07) is 14.8. The van der Waals surface area contributed by atoms with Crippen LogP contribution in [0.4, 0.5) is 16.0 Å². The van der Waals surface area contributed by atoms with Gasteiger partial charge in [0.2, 0.25) is 5.95 Å². The zero-order valence-electron chi connectivity index (χ0n) is 18.7. The Morgan fingerprint density at radius 3 is 2.82 bits per heavy atom. The molecule has 1 aliphatic rings. The Morgan fingerprint density at radius 2 is 2.00 bits per heavy atom. The second-order valence-electron chi connectivity index (χ2n) is 8.41. The van der Waals surface area contributed by atoms with Gasteiger partial charge in [0.1, 0.15) is 11.6 Å². The summed E-state index contributed by atoms with van der Waals surface area (Å²) < 4.78 is 19.3. The van der Waals surface area contributed by atoms with Gasteiger partial charge in [0.15, 0.2) is 0 Å². The number of methoxy groups -OCH3 is 1. The van der Waals surface area contributed by atoms with Crippen LogP contribution >= 0.6 is 0 Å². The van der Waals surface area contributed by atoms with E-state index in [1.807, 2.05) is 18.2 Å². The summed E-state index contributed by atoms with van der Waals surface area (Å²) in [5.41, 5.74) is 12.6. The molecule has 0 radical (unpaired) electrons. The summed E-state index contributed by atoms with van der Waals surface area (Å²) in [6.45, 7) is 2.20. The van der Waals surface area contributed by atoms with Gasteiger partial charge in [0.05, 0.1) is 18.3 Å². The van der Waals surface area contributed by atoms with E-state index in [-0.39, 0.29) is 12.4 Å². The molecule has 0 saturated carbocycles. The van der Waals surface area contributed by atoms with Crippen molar-refractivity contribution in [2.24, 2.45) is 5.73 Å². The summed E-state index contributed by atoms with van der Waals surface area (Å²) in [7, 11) is 3.80. The number of hydrogen-bond acceptors (Lipinski definition) is 6. The van der Waals surface area contributed by atoms with E-state index in [9.17, 15) is 4.39 Å². The predicted octanol–water partition coefficient (Wildman–Crippen LogP) is 4.63. The molecule has 1 aromatic heterocycles. The largest absolute Gasteiger partial charge is 0.495 e. The first kappa shape index (κ1) is 21.3. The smallest absolute Gasteiger partial charge is 0.227 e. The van der Waals surface area contributed by atoms with Gasteiger partial charge in [-0.25, -0.2) is 14.4 Å². The third kappa shape index (κ3) is 4.25. The second kappa shape index (κ2) is 8.77. The minimum atomic E-state index is -0.293. The summed E-state index contributed by atoms with van der Waals surface area (Å²) in [5, 5.41) is 4.25. The third-order valence-corrected chi connectivity index (χ3v) is 6.15. The van der Waals surface area contributed by atoms with Crippen LogP contribution in [0.2, 0.25) is 0 Å². The summed E-state index contributed by atoms with van der Waals surface area (Å²) in [6.07, 6.45) is 2.80. The van der Waals surface area contributed by atoms with Crippen LogP contribution in [0.25, 0.3) is 22.0 Å². The van der Waals surface area contributed by atoms with Crippen LogP contribution in [0.5, 0.6) is 5.75 Å². The van der Waals surface area contributed by atoms with Crippen LogP contribution in [0, 0.1) is 5.82 Å². The average molecular weight is 444 g/mol. The van der Waals surface area contributed by atoms with E-state index in [1.165, 1.54) is 23.3 Å². The van der Waals surface area contributed by atoms with Crippen molar-refractivity contribution in [2.75, 3.05) is 26.0 Å². The SMILES string of the molecule is COc1cc2c(cc1Nc1ncc3ccc(-c4ccc(F)cc4CN)cc3n1)CN(C)CC2. The van der Waals surface area contributed by atoms with Gasteiger partial charge in [-0.3, -0.25) is 0 Å². The maximum absolute atomic E-state index is 13.7. The molecule has 0 bridgehead atoms. The fourth-order valence-corrected chi connectivity index (χ4v) is 4.38. The standard InChI is InChI=1S/C26H26FN5O/c1-32-8-7-16-12-25(33-2)24(11-20(16)15-32)31-26-29-14-18-4-3-17(10-23(18)30-26)22-6-5-21(27)9-19(22)13-28/h3-6,9-12,14H,7-8,13,15,28H2,1-2H3,(H,29,30,31). The molecule has 4 aromatic rings. The molecule has 168 valence electrons. The fraction of sp³-hybridized carbons (Fsp3) is 0.231. The van der Waals surface area contributed by atoms with Crippen molar-refractivity contribution in [2.45, 2.75) is 19.5 Å². The molecular weight excluding hydrogens is 417 g/mol. The van der Waals surface area contributed by atoms with Gasteiger partial charge >= 0.3 is 0 Å². The molecule has 5 rings (SSSR count). The van der Waals surface area contributed by atoms with Crippen molar-refractivity contribution in [3.63, 3.8) is 0 Å². The highest BCUT2D eigenvalue weighted by Gasteiger charge is 2.17. The number of hydrogen-bond donors (Lipinski definition) is 2. The number of rotatable bonds is 5. The quantitative estimate of drug-likeness (QED) is 0.468. The van der Waals surface area contributed by atoms with Gasteiger partial charge < -0.3 is 20.7 Å². The monoisotopic (exact) mass is 443 g/mol. The van der Waals surface area contributed by atoms with Gasteiger partial charge in [0, 0.05) is 31.2 Å². The molecule has 0 unspecified atom stereocenters. The lowest BCUT2D eigenvalue weighted by atomic mass is 9.98. The molecule has 2 heterocycles. The normalized spacial score (nSPS) is 13.7. The molecule has 3 N–H and O–H groups in total. The van der Waals surface area contributed by atoms with Gasteiger partial charge in [-0.2, -0.15) is 0 Å². The molecule has 0 amide bonds. The van der Waals surface area contributed by atoms with Crippen LogP contribution in [-0.4, -0.2) is 35.6 Å². The Balaban J connectivity index is 1.51. The molecule has 0 saturated heterocycles. The van der Waals surface area contributed by atoms with Crippen LogP contribution in [0.3, 0.4) is 0 Å². The first-order valence-corrected chi connectivity index (χ1v) is 10.9. The molecule has 6 nitrogen and oxygen atoms in total. The third-order valence-electron chi connectivity index (χ3n) is 6.15. The van der Waals surface area contributed by atoms with E-state index >= 15 is 0 Å². The lowest BCUT2D eigenvalue weighted by Gasteiger charge is -2.26. The Bertz CT molecular complexity index is 1340. The van der Waals surface area contributed by atoms with Crippen LogP contribution in [-0.2, 0) is 19.5 Å². The van der Waals surface area contributed by atoms with Gasteiger partial charge in [-0.05, 0) is 71.6 Å². The zero-order chi connectivity index (χ0) is 22.9. The van der Waals surface area contributed by atoms with Crippen LogP contribution in [0.15, 0.2) is 54.7 Å². The number of fused-ring (bicyclic) bond motifs is 2. The number of likely N-dealkylation sites (N-methyl/N-ethyl adjacent to an activating group) is 1. The number of nitrogens with one attached hydrogen (secondary N) is 1. The lowest BCUT2D eigenvalue weighted by molar-refractivity contribution is 0.312. The first-order chi connectivity index (χ1) is 16.0. The van der Waals surface area contributed by atoms with Gasteiger partial charge in [-0.15, -0.1) is 0 Å². The number of anilines is 2. The Kier molecular flexibility index (Phi) is 5.66. The summed E-state index contributed by atoms with van der Waals surface area (Å²) in [4.78, 5) is 11.5. The van der Waals surface area contributed by atoms with E-state index in [0.29, 0.717) is 5.95 Å². The van der Waals surface area contributed by atoms with Crippen LogP contribution < -0.4 is 15.8 Å². The summed E-state index contributed by atoms with van der Waals surface area (Å²) >= 11 is 0. The first-order valence-electron chi connectivity index (χ1n) is 10.9. The minimum absolute atomic E-state index is 0.259. The van der Waals surface area contributed by atoms with E-state index in [0.717, 1.165) is 58.5 Å². The molecule has 0 fully saturated rings. The molecule has 0 spiro atoms. The molecule has 0 atom stereocenters. The second-order valence-corrected chi connectivity index (χ2v) is 8.41. The highest BCUT2D eigenvalue weighted by atomic mass is 19.1. The van der Waals surface area contributed by atoms with Gasteiger partial charge in [0.25, 0.3) is 0 Å². The molecule has 33 heavy (non-hydrogen) atoms. The van der Waals surface area contributed by atoms with E-state index in [2.05, 4.69) is 34.4 Å². The van der Waals surface area contributed by atoms with Gasteiger partial charge in [-0.1, -0.05) is 18.2 Å². The maximum atomic E-state index is 13.7. The molecular formula is C26H26FN5O. The Labute approximate surface area is 192 Å². The van der Waals surface area contributed by atoms with Crippen molar-refractivity contribution in [3.05, 3.63) is 77.2 Å². The van der Waals surface area contributed by atoms with E-state index in [4.69, 9.17) is 15.5 Å². The molecule has 0 aliphatic carbocycles. The fourth-order valence-electron chi connectivity index (χ4n) is 4.38. The van der Waals surface area contributed by atoms with E-state index in [1.54, 1.807) is 19.4 Å². The Hall–Kier alpha value is -3.55. The maximum Gasteiger partial charge on any atom is 0.227 e. The van der Waals surface area contributed by atoms with E-state index < -0.39 is 0 Å². The van der Waals surface area contributed by atoms with Crippen molar-refractivity contribution >= 4 is 22.5 Å². The number of nitrogens with two attached hydrogens (primary N) is 1. The summed E-state index contributed by atoms with van der Waals surface area (Å²) in [5.74, 6) is 0.967. The topological polar surface area (TPSA) is 76.3 Å². The lowest BCUT2D eigenvalue weighted by Crippen LogP contribution is -2.26. The number of benzene rings is 3. The number of nitrogens with zero attached hydrogens (tertiary/aromatic N) is 3. The molecule has 7 heteroatoms. The predicted molar refractivity (Wildman–Crippen MR) is 129 cm³/mol. The number of aromatic nitrogens is 2. The van der Waals surface area contributed by atoms with Crippen molar-refractivity contribution < 1.29 is 9.13 Å². The van der Waals surface area contributed by atoms with Crippen molar-refractivity contribution in [1.82, 2.24) is 14.9 Å². The molecule has 3 aromatic carbocycles.